The van der Waals surface area contributed by atoms with Crippen LogP contribution >= 0.6 is 11.6 Å². The van der Waals surface area contributed by atoms with E-state index in [0.717, 1.165) is 11.1 Å². The van der Waals surface area contributed by atoms with E-state index in [9.17, 15) is 13.2 Å². The summed E-state index contributed by atoms with van der Waals surface area (Å²) in [6.07, 6.45) is 0.293. The van der Waals surface area contributed by atoms with Gasteiger partial charge in [0, 0.05) is 31.2 Å². The number of piperazine rings is 1. The van der Waals surface area contributed by atoms with E-state index in [-0.39, 0.29) is 5.91 Å². The van der Waals surface area contributed by atoms with Crippen LogP contribution in [0, 0.1) is 6.92 Å². The highest BCUT2D eigenvalue weighted by molar-refractivity contribution is 7.89. The van der Waals surface area contributed by atoms with Crippen molar-refractivity contribution in [1.29, 1.82) is 0 Å². The molecule has 3 rings (SSSR count). The molecule has 2 aromatic carbocycles. The van der Waals surface area contributed by atoms with Gasteiger partial charge >= 0.3 is 0 Å². The second-order valence-electron chi connectivity index (χ2n) is 6.35. The summed E-state index contributed by atoms with van der Waals surface area (Å²) in [5.41, 5.74) is 1.63. The molecule has 1 saturated heterocycles. The van der Waals surface area contributed by atoms with Crippen LogP contribution in [0.2, 0.25) is 5.02 Å². The van der Waals surface area contributed by atoms with E-state index in [1.807, 2.05) is 18.2 Å². The van der Waals surface area contributed by atoms with Gasteiger partial charge in [0.1, 0.15) is 0 Å². The average Bonchev–Trinajstić information content (AvgIpc) is 2.64. The normalized spacial score (nSPS) is 15.8. The van der Waals surface area contributed by atoms with E-state index in [2.05, 4.69) is 0 Å². The summed E-state index contributed by atoms with van der Waals surface area (Å²) >= 11 is 5.86. The van der Waals surface area contributed by atoms with Crippen LogP contribution < -0.4 is 0 Å². The van der Waals surface area contributed by atoms with E-state index < -0.39 is 10.0 Å². The fourth-order valence-electron chi connectivity index (χ4n) is 3.05. The number of amides is 1. The lowest BCUT2D eigenvalue weighted by Crippen LogP contribution is -2.50. The molecule has 0 spiro atoms. The number of sulfonamides is 1. The summed E-state index contributed by atoms with van der Waals surface area (Å²) in [6, 6.07) is 14.2. The van der Waals surface area contributed by atoms with Crippen LogP contribution in [0.5, 0.6) is 0 Å². The molecule has 7 heteroatoms. The third kappa shape index (κ3) is 4.09. The highest BCUT2D eigenvalue weighted by atomic mass is 35.5. The molecular weight excluding hydrogens is 372 g/mol. The zero-order valence-electron chi connectivity index (χ0n) is 14.6. The number of nitrogens with zero attached hydrogens (tertiary/aromatic N) is 2. The first-order valence-corrected chi connectivity index (χ1v) is 10.3. The molecule has 1 heterocycles. The quantitative estimate of drug-likeness (QED) is 0.803. The van der Waals surface area contributed by atoms with Gasteiger partial charge in [0.2, 0.25) is 15.9 Å². The first-order chi connectivity index (χ1) is 12.4. The Kier molecular flexibility index (Phi) is 5.65. The standard InChI is InChI=1S/C19H21ClN2O3S/c1-15-4-2-3-5-18(15)26(24,25)22-12-10-21(11-13-22)19(23)14-16-6-8-17(20)9-7-16/h2-9H,10-14H2,1H3. The van der Waals surface area contributed by atoms with Gasteiger partial charge < -0.3 is 4.90 Å². The highest BCUT2D eigenvalue weighted by Crippen LogP contribution is 2.21. The number of carbonyl (C=O) groups is 1. The van der Waals surface area contributed by atoms with Crippen molar-refractivity contribution in [3.05, 3.63) is 64.7 Å². The van der Waals surface area contributed by atoms with Gasteiger partial charge in [0.05, 0.1) is 11.3 Å². The summed E-state index contributed by atoms with van der Waals surface area (Å²) in [5.74, 6) is 0.000243. The van der Waals surface area contributed by atoms with Gasteiger partial charge in [-0.3, -0.25) is 4.79 Å². The molecule has 0 aromatic heterocycles. The number of hydrogen-bond acceptors (Lipinski definition) is 3. The smallest absolute Gasteiger partial charge is 0.243 e. The minimum atomic E-state index is -3.52. The maximum Gasteiger partial charge on any atom is 0.243 e. The van der Waals surface area contributed by atoms with Gasteiger partial charge in [0.15, 0.2) is 0 Å². The number of carbonyl (C=O) groups excluding carboxylic acids is 1. The third-order valence-electron chi connectivity index (χ3n) is 4.57. The van der Waals surface area contributed by atoms with Crippen LogP contribution in [-0.4, -0.2) is 49.7 Å². The Labute approximate surface area is 159 Å². The van der Waals surface area contributed by atoms with Crippen molar-refractivity contribution in [2.75, 3.05) is 26.2 Å². The van der Waals surface area contributed by atoms with Crippen LogP contribution in [0.15, 0.2) is 53.4 Å². The van der Waals surface area contributed by atoms with E-state index in [1.54, 1.807) is 42.2 Å². The van der Waals surface area contributed by atoms with E-state index in [0.29, 0.717) is 42.5 Å². The molecule has 0 saturated carbocycles. The van der Waals surface area contributed by atoms with Crippen LogP contribution in [0.25, 0.3) is 0 Å². The molecule has 1 aliphatic rings. The molecule has 1 aliphatic heterocycles. The molecule has 0 radical (unpaired) electrons. The Morgan fingerprint density at radius 3 is 2.23 bits per heavy atom. The molecule has 2 aromatic rings. The maximum absolute atomic E-state index is 12.8. The monoisotopic (exact) mass is 392 g/mol. The molecule has 5 nitrogen and oxygen atoms in total. The Morgan fingerprint density at radius 1 is 1.00 bits per heavy atom. The fraction of sp³-hybridized carbons (Fsp3) is 0.316. The van der Waals surface area contributed by atoms with Crippen molar-refractivity contribution in [2.24, 2.45) is 0 Å². The van der Waals surface area contributed by atoms with Gasteiger partial charge in [-0.25, -0.2) is 8.42 Å². The minimum Gasteiger partial charge on any atom is -0.340 e. The average molecular weight is 393 g/mol. The topological polar surface area (TPSA) is 57.7 Å². The van der Waals surface area contributed by atoms with Crippen molar-refractivity contribution >= 4 is 27.5 Å². The van der Waals surface area contributed by atoms with Crippen molar-refractivity contribution in [3.8, 4) is 0 Å². The van der Waals surface area contributed by atoms with Crippen molar-refractivity contribution < 1.29 is 13.2 Å². The number of halogens is 1. The van der Waals surface area contributed by atoms with Gasteiger partial charge in [-0.1, -0.05) is 41.9 Å². The molecular formula is C19H21ClN2O3S. The Morgan fingerprint density at radius 2 is 1.62 bits per heavy atom. The molecule has 0 unspecified atom stereocenters. The lowest BCUT2D eigenvalue weighted by Gasteiger charge is -2.34. The zero-order valence-corrected chi connectivity index (χ0v) is 16.1. The van der Waals surface area contributed by atoms with Gasteiger partial charge in [-0.05, 0) is 36.2 Å². The van der Waals surface area contributed by atoms with Crippen molar-refractivity contribution in [1.82, 2.24) is 9.21 Å². The lowest BCUT2D eigenvalue weighted by molar-refractivity contribution is -0.131. The van der Waals surface area contributed by atoms with Gasteiger partial charge in [-0.15, -0.1) is 0 Å². The van der Waals surface area contributed by atoms with Crippen LogP contribution in [0.3, 0.4) is 0 Å². The van der Waals surface area contributed by atoms with Crippen LogP contribution in [0.4, 0.5) is 0 Å². The van der Waals surface area contributed by atoms with E-state index >= 15 is 0 Å². The SMILES string of the molecule is Cc1ccccc1S(=O)(=O)N1CCN(C(=O)Cc2ccc(Cl)cc2)CC1. The Bertz CT molecular complexity index is 889. The fourth-order valence-corrected chi connectivity index (χ4v) is 4.83. The second kappa shape index (κ2) is 7.78. The molecule has 1 fully saturated rings. The summed E-state index contributed by atoms with van der Waals surface area (Å²) in [7, 11) is -3.52. The molecule has 0 atom stereocenters. The number of aryl methyl sites for hydroxylation is 1. The summed E-state index contributed by atoms with van der Waals surface area (Å²) in [6.45, 7) is 3.21. The Hall–Kier alpha value is -1.89. The number of benzene rings is 2. The first-order valence-electron chi connectivity index (χ1n) is 8.46. The third-order valence-corrected chi connectivity index (χ3v) is 6.88. The van der Waals surface area contributed by atoms with Gasteiger partial charge in [-0.2, -0.15) is 4.31 Å². The summed E-state index contributed by atoms with van der Waals surface area (Å²) in [4.78, 5) is 14.5. The molecule has 26 heavy (non-hydrogen) atoms. The maximum atomic E-state index is 12.8. The lowest BCUT2D eigenvalue weighted by atomic mass is 10.1. The van der Waals surface area contributed by atoms with Crippen LogP contribution in [0.1, 0.15) is 11.1 Å². The number of hydrogen-bond donors (Lipinski definition) is 0. The summed E-state index contributed by atoms with van der Waals surface area (Å²) in [5, 5.41) is 0.635. The summed E-state index contributed by atoms with van der Waals surface area (Å²) < 4.78 is 27.1. The Balaban J connectivity index is 1.62. The minimum absolute atomic E-state index is 0.000243. The molecule has 138 valence electrons. The zero-order chi connectivity index (χ0) is 18.7. The predicted molar refractivity (Wildman–Crippen MR) is 102 cm³/mol. The van der Waals surface area contributed by atoms with Gasteiger partial charge in [0.25, 0.3) is 0 Å². The molecule has 0 aliphatic carbocycles. The largest absolute Gasteiger partial charge is 0.340 e. The molecule has 0 N–H and O–H groups in total. The highest BCUT2D eigenvalue weighted by Gasteiger charge is 2.30. The van der Waals surface area contributed by atoms with Crippen LogP contribution in [-0.2, 0) is 21.2 Å². The molecule has 0 bridgehead atoms. The first kappa shape index (κ1) is 18.9. The van der Waals surface area contributed by atoms with E-state index in [1.165, 1.54) is 4.31 Å². The van der Waals surface area contributed by atoms with Crippen molar-refractivity contribution in [3.63, 3.8) is 0 Å². The molecule has 1 amide bonds. The van der Waals surface area contributed by atoms with E-state index in [4.69, 9.17) is 11.6 Å². The predicted octanol–water partition coefficient (Wildman–Crippen LogP) is 2.72. The second-order valence-corrected chi connectivity index (χ2v) is 8.70. The van der Waals surface area contributed by atoms with Crippen molar-refractivity contribution in [2.45, 2.75) is 18.2 Å². The number of rotatable bonds is 4.